The van der Waals surface area contributed by atoms with Gasteiger partial charge in [0.05, 0.1) is 30.8 Å². The molecule has 0 heterocycles. The van der Waals surface area contributed by atoms with Gasteiger partial charge in [0.1, 0.15) is 54.4 Å². The molecule has 0 aliphatic carbocycles. The van der Waals surface area contributed by atoms with Gasteiger partial charge in [0, 0.05) is 13.0 Å². The molecule has 0 saturated carbocycles. The summed E-state index contributed by atoms with van der Waals surface area (Å²) in [4.78, 5) is 153. The summed E-state index contributed by atoms with van der Waals surface area (Å²) >= 11 is 0. The van der Waals surface area contributed by atoms with Crippen LogP contribution in [0.2, 0.25) is 0 Å². The number of carboxylic acid groups (broad SMARTS) is 1. The van der Waals surface area contributed by atoms with Gasteiger partial charge < -0.3 is 91.2 Å². The number of carbonyl (C=O) groups is 11. The number of hydrogen-bond acceptors (Lipinski definition) is 16. The van der Waals surface area contributed by atoms with Gasteiger partial charge in [0.15, 0.2) is 5.96 Å². The van der Waals surface area contributed by atoms with Gasteiger partial charge in [-0.15, -0.1) is 0 Å². The first-order valence-electron chi connectivity index (χ1n) is 27.7. The Morgan fingerprint density at radius 2 is 0.807 bits per heavy atom. The first kappa shape index (κ1) is 73.5. The molecule has 0 aliphatic heterocycles. The zero-order valence-electron chi connectivity index (χ0n) is 49.4. The smallest absolute Gasteiger partial charge is 0.326 e. The number of aliphatic imine (C=N–C) groups is 1. The fourth-order valence-electron chi connectivity index (χ4n) is 8.31. The van der Waals surface area contributed by atoms with Crippen LogP contribution < -0.4 is 70.8 Å². The Morgan fingerprint density at radius 3 is 1.22 bits per heavy atom. The van der Waals surface area contributed by atoms with Crippen LogP contribution in [0.25, 0.3) is 0 Å². The second-order valence-electron chi connectivity index (χ2n) is 22.4. The molecule has 0 aliphatic rings. The third kappa shape index (κ3) is 27.4. The van der Waals surface area contributed by atoms with Crippen molar-refractivity contribution in [2.24, 2.45) is 51.6 Å². The molecule has 0 saturated heterocycles. The third-order valence-electron chi connectivity index (χ3n) is 12.7. The van der Waals surface area contributed by atoms with Crippen molar-refractivity contribution >= 4 is 71.0 Å². The van der Waals surface area contributed by atoms with Gasteiger partial charge in [-0.25, -0.2) is 4.79 Å². The number of aliphatic carboxylic acids is 1. The summed E-state index contributed by atoms with van der Waals surface area (Å²) in [5.41, 5.74) is 22.7. The third-order valence-corrected chi connectivity index (χ3v) is 12.7. The molecule has 83 heavy (non-hydrogen) atoms. The Bertz CT molecular complexity index is 2370. The number of rotatable bonds is 37. The van der Waals surface area contributed by atoms with E-state index in [-0.39, 0.29) is 62.4 Å². The van der Waals surface area contributed by atoms with Gasteiger partial charge in [-0.1, -0.05) is 85.7 Å². The lowest BCUT2D eigenvalue weighted by Gasteiger charge is -2.30. The van der Waals surface area contributed by atoms with Crippen molar-refractivity contribution < 1.29 is 73.2 Å². The van der Waals surface area contributed by atoms with E-state index in [2.05, 4.69) is 52.8 Å². The van der Waals surface area contributed by atoms with E-state index in [9.17, 15) is 73.2 Å². The van der Waals surface area contributed by atoms with Crippen molar-refractivity contribution in [3.05, 3.63) is 35.9 Å². The average Bonchev–Trinajstić information content (AvgIpc) is 3.47. The minimum atomic E-state index is -1.79. The number of amides is 10. The Labute approximate surface area is 484 Å². The maximum Gasteiger partial charge on any atom is 0.326 e. The molecule has 0 fully saturated rings. The lowest BCUT2D eigenvalue weighted by molar-refractivity contribution is -0.143. The molecule has 1 aromatic carbocycles. The largest absolute Gasteiger partial charge is 0.480 e. The summed E-state index contributed by atoms with van der Waals surface area (Å²) in [5.74, 6) is -12.9. The average molecular weight is 1180 g/mol. The van der Waals surface area contributed by atoms with Gasteiger partial charge in [-0.2, -0.15) is 0 Å². The number of nitrogens with two attached hydrogens (primary N) is 4. The number of carbonyl (C=O) groups excluding carboxylic acids is 10. The number of aliphatic hydroxyl groups excluding tert-OH is 3. The Balaban J connectivity index is 3.53. The summed E-state index contributed by atoms with van der Waals surface area (Å²) in [7, 11) is 0. The maximum absolute atomic E-state index is 14.4. The minimum Gasteiger partial charge on any atom is -0.480 e. The SMILES string of the molecule is CC(C)C[C@H](NC(=O)[C@@H](NC(=O)[C@@H](NC(=O)[C@H](CC(N)=O)NC(=O)[C@H](Cc1ccccc1)NC(=O)[C@H](CC(C)C)NC(=O)[C@@H](NC(=O)[C@H](CC(C)C)NC(=O)[C@@H](NC(=O)[C@@H](N)CCCN=C(N)N)[C@@H](C)O)[C@@H](C)O)C(C)C)[C@@H](C)O)C(=O)O. The van der Waals surface area contributed by atoms with Crippen LogP contribution in [-0.2, 0) is 59.2 Å². The topological polar surface area (TPSA) is 493 Å². The van der Waals surface area contributed by atoms with E-state index in [4.69, 9.17) is 22.9 Å². The van der Waals surface area contributed by atoms with Crippen LogP contribution in [-0.4, -0.2) is 177 Å². The van der Waals surface area contributed by atoms with Crippen molar-refractivity contribution in [3.8, 4) is 0 Å². The van der Waals surface area contributed by atoms with E-state index in [0.717, 1.165) is 0 Å². The number of carboxylic acids is 1. The van der Waals surface area contributed by atoms with Crippen molar-refractivity contribution in [3.63, 3.8) is 0 Å². The molecule has 1 aromatic rings. The molecule has 0 unspecified atom stereocenters. The summed E-state index contributed by atoms with van der Waals surface area (Å²) in [5, 5.41) is 63.6. The fourth-order valence-corrected chi connectivity index (χ4v) is 8.31. The van der Waals surface area contributed by atoms with E-state index in [1.165, 1.54) is 34.6 Å². The Morgan fingerprint density at radius 1 is 0.458 bits per heavy atom. The molecule has 13 atom stereocenters. The lowest BCUT2D eigenvalue weighted by Crippen LogP contribution is -2.63. The molecule has 29 heteroatoms. The van der Waals surface area contributed by atoms with Crippen molar-refractivity contribution in [1.29, 1.82) is 0 Å². The van der Waals surface area contributed by atoms with Crippen LogP contribution >= 0.6 is 0 Å². The highest BCUT2D eigenvalue weighted by molar-refractivity contribution is 5.99. The van der Waals surface area contributed by atoms with Gasteiger partial charge in [-0.3, -0.25) is 52.9 Å². The standard InChI is InChI=1S/C54H92N14O15/c1-25(2)20-34(62-51(80)42(30(10)70)67-47(76)35(21-26(3)4)63-50(79)41(29(9)69)66-44(73)33(55)18-15-19-59-54(57)58)45(74)60-36(23-32-16-13-12-14-17-32)46(75)61-37(24-39(56)72)48(77)65-40(28(7)8)49(78)68-43(31(11)71)52(81)64-38(53(82)83)22-27(5)6/h12-14,16-17,25-31,33-38,40-43,69-71H,15,18-24,55H2,1-11H3,(H2,56,72)(H,60,74)(H,61,75)(H,62,80)(H,63,79)(H,64,81)(H,65,77)(H,66,73)(H,67,76)(H,68,78)(H,82,83)(H4,57,58,59)/t29-,30-,31-,33+,34+,35+,36+,37+,38+,40+,41+,42+,43+/m1/s1. The summed E-state index contributed by atoms with van der Waals surface area (Å²) < 4.78 is 0. The molecule has 0 bridgehead atoms. The second-order valence-corrected chi connectivity index (χ2v) is 22.4. The van der Waals surface area contributed by atoms with Gasteiger partial charge in [-0.05, 0) is 82.1 Å². The number of primary amides is 1. The van der Waals surface area contributed by atoms with E-state index < -0.39 is 156 Å². The Kier molecular flexibility index (Phi) is 32.0. The fraction of sp³-hybridized carbons (Fsp3) is 0.667. The summed E-state index contributed by atoms with van der Waals surface area (Å²) in [6.45, 7) is 17.2. The highest BCUT2D eigenvalue weighted by Crippen LogP contribution is 2.14. The molecule has 21 N–H and O–H groups in total. The molecule has 0 aromatic heterocycles. The van der Waals surface area contributed by atoms with Crippen LogP contribution in [0.1, 0.15) is 120 Å². The van der Waals surface area contributed by atoms with E-state index >= 15 is 0 Å². The highest BCUT2D eigenvalue weighted by Gasteiger charge is 2.39. The van der Waals surface area contributed by atoms with Crippen molar-refractivity contribution in [1.82, 2.24) is 47.9 Å². The first-order chi connectivity index (χ1) is 38.6. The number of nitrogens with zero attached hydrogens (tertiary/aromatic N) is 1. The van der Waals surface area contributed by atoms with E-state index in [0.29, 0.717) is 12.0 Å². The van der Waals surface area contributed by atoms with Crippen molar-refractivity contribution in [2.45, 2.75) is 200 Å². The van der Waals surface area contributed by atoms with Gasteiger partial charge >= 0.3 is 5.97 Å². The van der Waals surface area contributed by atoms with E-state index in [1.54, 1.807) is 71.9 Å². The maximum atomic E-state index is 14.4. The number of guanidine groups is 1. The van der Waals surface area contributed by atoms with Gasteiger partial charge in [0.2, 0.25) is 59.1 Å². The molecule has 1 rings (SSSR count). The zero-order chi connectivity index (χ0) is 63.6. The first-order valence-corrected chi connectivity index (χ1v) is 27.7. The summed E-state index contributed by atoms with van der Waals surface area (Å²) in [6.07, 6.45) is -5.34. The minimum absolute atomic E-state index is 0.0313. The van der Waals surface area contributed by atoms with Crippen LogP contribution in [0.5, 0.6) is 0 Å². The number of aliphatic hydroxyl groups is 3. The zero-order valence-corrected chi connectivity index (χ0v) is 49.4. The highest BCUT2D eigenvalue weighted by atomic mass is 16.4. The number of nitrogens with one attached hydrogen (secondary N) is 9. The Hall–Kier alpha value is -7.50. The molecular weight excluding hydrogens is 1080 g/mol. The molecule has 468 valence electrons. The summed E-state index contributed by atoms with van der Waals surface area (Å²) in [6, 6.07) is -6.95. The quantitative estimate of drug-likeness (QED) is 0.0171. The van der Waals surface area contributed by atoms with Crippen LogP contribution in [0.15, 0.2) is 35.3 Å². The normalized spacial score (nSPS) is 16.1. The molecule has 29 nitrogen and oxygen atoms in total. The lowest BCUT2D eigenvalue weighted by atomic mass is 9.99. The second kappa shape index (κ2) is 36.2. The molecule has 0 spiro atoms. The van der Waals surface area contributed by atoms with Crippen molar-refractivity contribution in [2.75, 3.05) is 6.54 Å². The number of hydrogen-bond donors (Lipinski definition) is 17. The molecule has 0 radical (unpaired) electrons. The molecular formula is C54H92N14O15. The van der Waals surface area contributed by atoms with E-state index in [1.807, 2.05) is 0 Å². The van der Waals surface area contributed by atoms with Crippen LogP contribution in [0, 0.1) is 23.7 Å². The molecule has 10 amide bonds. The number of benzene rings is 1. The monoisotopic (exact) mass is 1180 g/mol. The van der Waals surface area contributed by atoms with Gasteiger partial charge in [0.25, 0.3) is 0 Å². The van der Waals surface area contributed by atoms with Crippen LogP contribution in [0.3, 0.4) is 0 Å². The van der Waals surface area contributed by atoms with Crippen LogP contribution in [0.4, 0.5) is 0 Å². The predicted octanol–water partition coefficient (Wildman–Crippen LogP) is -4.13. The predicted molar refractivity (Wildman–Crippen MR) is 305 cm³/mol.